The predicted octanol–water partition coefficient (Wildman–Crippen LogP) is 4.19. The third-order valence-electron chi connectivity index (χ3n) is 4.30. The van der Waals surface area contributed by atoms with Gasteiger partial charge in [-0.2, -0.15) is 0 Å². The van der Waals surface area contributed by atoms with E-state index in [2.05, 4.69) is 5.32 Å². The Kier molecular flexibility index (Phi) is 5.90. The third kappa shape index (κ3) is 4.59. The van der Waals surface area contributed by atoms with Crippen molar-refractivity contribution in [2.24, 2.45) is 5.73 Å². The van der Waals surface area contributed by atoms with Crippen molar-refractivity contribution in [3.05, 3.63) is 104 Å². The van der Waals surface area contributed by atoms with Crippen LogP contribution in [0.4, 0.5) is 11.4 Å². The molecule has 0 spiro atoms. The van der Waals surface area contributed by atoms with Gasteiger partial charge < -0.3 is 11.1 Å². The zero-order valence-corrected chi connectivity index (χ0v) is 15.8. The molecule has 0 heterocycles. The van der Waals surface area contributed by atoms with Gasteiger partial charge in [-0.05, 0) is 30.3 Å². The summed E-state index contributed by atoms with van der Waals surface area (Å²) in [5.74, 6) is -0.977. The van der Waals surface area contributed by atoms with Crippen LogP contribution in [0.3, 0.4) is 0 Å². The van der Waals surface area contributed by atoms with Gasteiger partial charge in [0.05, 0.1) is 4.92 Å². The van der Waals surface area contributed by atoms with Crippen molar-refractivity contribution < 1.29 is 14.5 Å². The molecule has 0 fully saturated rings. The molecule has 0 unspecified atom stereocenters. The number of hydrogen-bond donors (Lipinski definition) is 2. The molecule has 0 aliphatic rings. The van der Waals surface area contributed by atoms with E-state index in [0.717, 1.165) is 6.07 Å². The Morgan fingerprint density at radius 2 is 1.72 bits per heavy atom. The monoisotopic (exact) mass is 409 g/mol. The number of nitrogens with zero attached hydrogens (tertiary/aromatic N) is 1. The zero-order valence-electron chi connectivity index (χ0n) is 15.1. The summed E-state index contributed by atoms with van der Waals surface area (Å²) in [6.07, 6.45) is 0. The molecule has 0 aliphatic heterocycles. The second kappa shape index (κ2) is 8.53. The first-order valence-corrected chi connectivity index (χ1v) is 8.95. The van der Waals surface area contributed by atoms with Crippen molar-refractivity contribution in [3.63, 3.8) is 0 Å². The highest BCUT2D eigenvalue weighted by Gasteiger charge is 2.18. The first-order chi connectivity index (χ1) is 13.9. The lowest BCUT2D eigenvalue weighted by atomic mass is 10.0. The standard InChI is InChI=1S/C21H16ClN3O4/c22-16-8-9-18(17(11-16)20(26)13-4-2-1-3-5-13)24-12-15-7-6-14(21(23)27)10-19(15)25(28)29/h1-11,24H,12H2,(H2,23,27). The maximum absolute atomic E-state index is 12.9. The second-order valence-corrected chi connectivity index (χ2v) is 6.64. The van der Waals surface area contributed by atoms with Gasteiger partial charge in [0.1, 0.15) is 0 Å². The van der Waals surface area contributed by atoms with Crippen LogP contribution < -0.4 is 11.1 Å². The van der Waals surface area contributed by atoms with Crippen LogP contribution in [0.15, 0.2) is 66.7 Å². The van der Waals surface area contributed by atoms with Crippen LogP contribution in [0.25, 0.3) is 0 Å². The Morgan fingerprint density at radius 3 is 2.38 bits per heavy atom. The van der Waals surface area contributed by atoms with Gasteiger partial charge in [-0.1, -0.05) is 41.9 Å². The minimum atomic E-state index is -0.749. The Bertz CT molecular complexity index is 1100. The van der Waals surface area contributed by atoms with E-state index in [1.165, 1.54) is 12.1 Å². The number of nitro benzene ring substituents is 1. The summed E-state index contributed by atoms with van der Waals surface area (Å²) in [5, 5.41) is 14.8. The molecule has 0 radical (unpaired) electrons. The van der Waals surface area contributed by atoms with Crippen molar-refractivity contribution in [2.45, 2.75) is 6.54 Å². The van der Waals surface area contributed by atoms with Crippen LogP contribution in [0.5, 0.6) is 0 Å². The molecule has 29 heavy (non-hydrogen) atoms. The fraction of sp³-hybridized carbons (Fsp3) is 0.0476. The molecular formula is C21H16ClN3O4. The molecule has 0 saturated carbocycles. The number of carbonyl (C=O) groups excluding carboxylic acids is 2. The average Bonchev–Trinajstić information content (AvgIpc) is 2.72. The van der Waals surface area contributed by atoms with Gasteiger partial charge >= 0.3 is 0 Å². The van der Waals surface area contributed by atoms with E-state index in [9.17, 15) is 19.7 Å². The normalized spacial score (nSPS) is 10.4. The molecule has 0 atom stereocenters. The van der Waals surface area contributed by atoms with Crippen LogP contribution >= 0.6 is 11.6 Å². The van der Waals surface area contributed by atoms with Crippen LogP contribution in [0.1, 0.15) is 31.8 Å². The van der Waals surface area contributed by atoms with E-state index in [-0.39, 0.29) is 23.6 Å². The maximum atomic E-state index is 12.9. The first-order valence-electron chi connectivity index (χ1n) is 8.57. The quantitative estimate of drug-likeness (QED) is 0.345. The van der Waals surface area contributed by atoms with E-state index in [4.69, 9.17) is 17.3 Å². The molecule has 3 N–H and O–H groups in total. The lowest BCUT2D eigenvalue weighted by Gasteiger charge is -2.13. The number of nitrogens with two attached hydrogens (primary N) is 1. The first kappa shape index (κ1) is 20.0. The van der Waals surface area contributed by atoms with Crippen LogP contribution in [0, 0.1) is 10.1 Å². The second-order valence-electron chi connectivity index (χ2n) is 6.20. The highest BCUT2D eigenvalue weighted by Crippen LogP contribution is 2.26. The predicted molar refractivity (Wildman–Crippen MR) is 110 cm³/mol. The van der Waals surface area contributed by atoms with E-state index in [1.807, 2.05) is 6.07 Å². The SMILES string of the molecule is NC(=O)c1ccc(CNc2ccc(Cl)cc2C(=O)c2ccccc2)c([N+](=O)[O-])c1. The molecule has 7 nitrogen and oxygen atoms in total. The average molecular weight is 410 g/mol. The molecule has 0 saturated heterocycles. The Balaban J connectivity index is 1.91. The number of carbonyl (C=O) groups is 2. The fourth-order valence-electron chi connectivity index (χ4n) is 2.83. The molecular weight excluding hydrogens is 394 g/mol. The summed E-state index contributed by atoms with van der Waals surface area (Å²) >= 11 is 6.07. The summed E-state index contributed by atoms with van der Waals surface area (Å²) in [6.45, 7) is 0.0616. The maximum Gasteiger partial charge on any atom is 0.275 e. The molecule has 0 aromatic heterocycles. The van der Waals surface area contributed by atoms with Gasteiger partial charge in [0, 0.05) is 45.6 Å². The van der Waals surface area contributed by atoms with Gasteiger partial charge in [-0.3, -0.25) is 19.7 Å². The van der Waals surface area contributed by atoms with Crippen molar-refractivity contribution in [1.29, 1.82) is 0 Å². The van der Waals surface area contributed by atoms with Gasteiger partial charge in [0.25, 0.3) is 5.69 Å². The largest absolute Gasteiger partial charge is 0.380 e. The topological polar surface area (TPSA) is 115 Å². The van der Waals surface area contributed by atoms with Crippen molar-refractivity contribution in [3.8, 4) is 0 Å². The number of amides is 1. The molecule has 3 aromatic carbocycles. The lowest BCUT2D eigenvalue weighted by Crippen LogP contribution is -2.13. The van der Waals surface area contributed by atoms with E-state index >= 15 is 0 Å². The minimum absolute atomic E-state index is 0.0480. The molecule has 3 rings (SSSR count). The lowest BCUT2D eigenvalue weighted by molar-refractivity contribution is -0.385. The summed E-state index contributed by atoms with van der Waals surface area (Å²) in [7, 11) is 0. The van der Waals surface area contributed by atoms with Crippen molar-refractivity contribution in [2.75, 3.05) is 5.32 Å². The number of nitro groups is 1. The van der Waals surface area contributed by atoms with Crippen molar-refractivity contribution >= 4 is 34.7 Å². The molecule has 1 amide bonds. The molecule has 0 bridgehead atoms. The molecule has 8 heteroatoms. The number of nitrogens with one attached hydrogen (secondary N) is 1. The smallest absolute Gasteiger partial charge is 0.275 e. The summed E-state index contributed by atoms with van der Waals surface area (Å²) in [5.41, 5.74) is 6.67. The summed E-state index contributed by atoms with van der Waals surface area (Å²) in [4.78, 5) is 34.9. The highest BCUT2D eigenvalue weighted by molar-refractivity contribution is 6.31. The summed E-state index contributed by atoms with van der Waals surface area (Å²) in [6, 6.07) is 17.5. The third-order valence-corrected chi connectivity index (χ3v) is 4.53. The van der Waals surface area contributed by atoms with Crippen LogP contribution in [0.2, 0.25) is 5.02 Å². The van der Waals surface area contributed by atoms with Crippen LogP contribution in [-0.2, 0) is 6.54 Å². The number of benzene rings is 3. The number of primary amides is 1. The minimum Gasteiger partial charge on any atom is -0.380 e. The Hall–Kier alpha value is -3.71. The molecule has 3 aromatic rings. The highest BCUT2D eigenvalue weighted by atomic mass is 35.5. The van der Waals surface area contributed by atoms with Gasteiger partial charge in [-0.15, -0.1) is 0 Å². The fourth-order valence-corrected chi connectivity index (χ4v) is 3.00. The summed E-state index contributed by atoms with van der Waals surface area (Å²) < 4.78 is 0. The van der Waals surface area contributed by atoms with E-state index in [0.29, 0.717) is 27.4 Å². The number of rotatable bonds is 7. The van der Waals surface area contributed by atoms with E-state index < -0.39 is 10.8 Å². The number of anilines is 1. The van der Waals surface area contributed by atoms with Gasteiger partial charge in [0.2, 0.25) is 5.91 Å². The molecule has 0 aliphatic carbocycles. The van der Waals surface area contributed by atoms with Crippen molar-refractivity contribution in [1.82, 2.24) is 0 Å². The Morgan fingerprint density at radius 1 is 1.00 bits per heavy atom. The number of ketones is 1. The zero-order chi connectivity index (χ0) is 21.0. The van der Waals surface area contributed by atoms with Crippen LogP contribution in [-0.4, -0.2) is 16.6 Å². The van der Waals surface area contributed by atoms with Gasteiger partial charge in [-0.25, -0.2) is 0 Å². The van der Waals surface area contributed by atoms with Gasteiger partial charge in [0.15, 0.2) is 5.78 Å². The number of halogens is 1. The molecule has 146 valence electrons. The Labute approximate surface area is 171 Å². The van der Waals surface area contributed by atoms with E-state index in [1.54, 1.807) is 42.5 Å². The number of hydrogen-bond acceptors (Lipinski definition) is 5.